The molecule has 2 heterocycles. The van der Waals surface area contributed by atoms with Crippen molar-refractivity contribution in [3.63, 3.8) is 0 Å². The highest BCUT2D eigenvalue weighted by molar-refractivity contribution is 5.92. The van der Waals surface area contributed by atoms with E-state index in [0.29, 0.717) is 18.2 Å². The zero-order chi connectivity index (χ0) is 21.3. The molecule has 2 aromatic heterocycles. The van der Waals surface area contributed by atoms with Crippen LogP contribution in [0.2, 0.25) is 0 Å². The van der Waals surface area contributed by atoms with Crippen LogP contribution in [0, 0.1) is 0 Å². The van der Waals surface area contributed by atoms with Gasteiger partial charge in [-0.2, -0.15) is 0 Å². The van der Waals surface area contributed by atoms with Crippen LogP contribution in [-0.2, 0) is 17.8 Å². The molecule has 4 aromatic rings. The molecule has 154 valence electrons. The average molecular weight is 405 g/mol. The fourth-order valence-corrected chi connectivity index (χ4v) is 3.48. The Hall–Kier alpha value is -3.81. The van der Waals surface area contributed by atoms with E-state index in [9.17, 15) is 14.7 Å². The van der Waals surface area contributed by atoms with Crippen molar-refractivity contribution < 1.29 is 9.90 Å². The van der Waals surface area contributed by atoms with Gasteiger partial charge in [0.2, 0.25) is 11.8 Å². The van der Waals surface area contributed by atoms with Gasteiger partial charge in [-0.3, -0.25) is 9.78 Å². The van der Waals surface area contributed by atoms with E-state index < -0.39 is 5.69 Å². The van der Waals surface area contributed by atoms with E-state index >= 15 is 0 Å². The Balaban J connectivity index is 1.49. The molecule has 8 nitrogen and oxygen atoms in total. The summed E-state index contributed by atoms with van der Waals surface area (Å²) in [5.74, 6) is 0.677. The lowest BCUT2D eigenvalue weighted by atomic mass is 10.1. The number of aromatic amines is 2. The Bertz CT molecular complexity index is 1250. The number of amides is 1. The molecular formula is C22H23N5O3. The molecule has 0 unspecified atom stereocenters. The minimum atomic E-state index is -0.549. The number of anilines is 1. The number of H-pyrrole nitrogens is 2. The molecule has 0 radical (unpaired) electrons. The van der Waals surface area contributed by atoms with Crippen LogP contribution in [0.4, 0.5) is 5.69 Å². The maximum absolute atomic E-state index is 12.2. The third kappa shape index (κ3) is 3.98. The highest BCUT2D eigenvalue weighted by Crippen LogP contribution is 2.23. The van der Waals surface area contributed by atoms with Crippen molar-refractivity contribution in [2.45, 2.75) is 32.7 Å². The number of rotatable bonds is 6. The van der Waals surface area contributed by atoms with Crippen LogP contribution in [0.15, 0.2) is 53.3 Å². The smallest absolute Gasteiger partial charge is 0.325 e. The number of hydrogen-bond donors (Lipinski definition) is 4. The quantitative estimate of drug-likeness (QED) is 0.394. The predicted octanol–water partition coefficient (Wildman–Crippen LogP) is 3.11. The van der Waals surface area contributed by atoms with Crippen LogP contribution in [-0.4, -0.2) is 30.5 Å². The first-order valence-corrected chi connectivity index (χ1v) is 9.75. The summed E-state index contributed by atoms with van der Waals surface area (Å²) in [6.45, 7) is 4.94. The molecule has 0 spiro atoms. The summed E-state index contributed by atoms with van der Waals surface area (Å²) in [4.78, 5) is 32.7. The minimum absolute atomic E-state index is 0.134. The summed E-state index contributed by atoms with van der Waals surface area (Å²) in [7, 11) is 0. The zero-order valence-corrected chi connectivity index (χ0v) is 16.8. The number of carbonyl (C=O) groups is 1. The van der Waals surface area contributed by atoms with E-state index in [4.69, 9.17) is 4.98 Å². The van der Waals surface area contributed by atoms with Gasteiger partial charge in [-0.1, -0.05) is 38.1 Å². The molecule has 0 saturated carbocycles. The van der Waals surface area contributed by atoms with Crippen LogP contribution in [0.5, 0.6) is 5.88 Å². The van der Waals surface area contributed by atoms with E-state index in [-0.39, 0.29) is 23.9 Å². The van der Waals surface area contributed by atoms with Crippen molar-refractivity contribution in [2.24, 2.45) is 0 Å². The van der Waals surface area contributed by atoms with Gasteiger partial charge in [0, 0.05) is 18.2 Å². The molecule has 0 saturated heterocycles. The van der Waals surface area contributed by atoms with Gasteiger partial charge in [0.1, 0.15) is 5.82 Å². The molecule has 4 N–H and O–H groups in total. The van der Waals surface area contributed by atoms with Crippen LogP contribution < -0.4 is 11.0 Å². The van der Waals surface area contributed by atoms with Gasteiger partial charge in [0.15, 0.2) is 0 Å². The maximum atomic E-state index is 12.2. The number of benzene rings is 2. The highest BCUT2D eigenvalue weighted by atomic mass is 16.3. The van der Waals surface area contributed by atoms with Crippen LogP contribution >= 0.6 is 0 Å². The van der Waals surface area contributed by atoms with Crippen molar-refractivity contribution in [1.29, 1.82) is 0 Å². The molecule has 0 atom stereocenters. The molecule has 0 aliphatic rings. The van der Waals surface area contributed by atoms with Crippen molar-refractivity contribution in [2.75, 3.05) is 5.32 Å². The van der Waals surface area contributed by atoms with E-state index in [0.717, 1.165) is 22.4 Å². The SMILES string of the molecule is CC(C)c1nc2ccccc2n1Cc1ccc(NC(=O)Cc2[nH]c(=O)[nH]c2O)cc1. The molecule has 2 aromatic carbocycles. The van der Waals surface area contributed by atoms with Crippen molar-refractivity contribution in [3.05, 3.63) is 76.1 Å². The monoisotopic (exact) mass is 405 g/mol. The molecule has 1 amide bonds. The van der Waals surface area contributed by atoms with Gasteiger partial charge in [-0.25, -0.2) is 9.78 Å². The van der Waals surface area contributed by atoms with E-state index in [1.165, 1.54) is 0 Å². The van der Waals surface area contributed by atoms with Gasteiger partial charge in [-0.05, 0) is 29.8 Å². The van der Waals surface area contributed by atoms with Crippen molar-refractivity contribution in [3.8, 4) is 5.88 Å². The van der Waals surface area contributed by atoms with Crippen molar-refractivity contribution in [1.82, 2.24) is 19.5 Å². The number of nitrogens with zero attached hydrogens (tertiary/aromatic N) is 2. The summed E-state index contributed by atoms with van der Waals surface area (Å²) < 4.78 is 2.22. The normalized spacial score (nSPS) is 11.3. The molecule has 0 bridgehead atoms. The summed E-state index contributed by atoms with van der Waals surface area (Å²) in [6.07, 6.45) is -0.134. The fourth-order valence-electron chi connectivity index (χ4n) is 3.48. The fraction of sp³-hybridized carbons (Fsp3) is 0.227. The predicted molar refractivity (Wildman–Crippen MR) is 115 cm³/mol. The topological polar surface area (TPSA) is 116 Å². The minimum Gasteiger partial charge on any atom is -0.493 e. The number of fused-ring (bicyclic) bond motifs is 1. The number of carbonyl (C=O) groups excluding carboxylic acids is 1. The van der Waals surface area contributed by atoms with Gasteiger partial charge < -0.3 is 20.0 Å². The number of imidazole rings is 2. The number of para-hydroxylation sites is 2. The Morgan fingerprint density at radius 2 is 1.87 bits per heavy atom. The Labute approximate surface area is 172 Å². The molecule has 8 heteroatoms. The first kappa shape index (κ1) is 19.5. The van der Waals surface area contributed by atoms with E-state index in [1.807, 2.05) is 42.5 Å². The second-order valence-corrected chi connectivity index (χ2v) is 7.53. The summed E-state index contributed by atoms with van der Waals surface area (Å²) >= 11 is 0. The van der Waals surface area contributed by atoms with E-state index in [1.54, 1.807) is 0 Å². The average Bonchev–Trinajstić information content (AvgIpc) is 3.23. The molecule has 0 fully saturated rings. The molecule has 0 aliphatic heterocycles. The Morgan fingerprint density at radius 3 is 2.53 bits per heavy atom. The zero-order valence-electron chi connectivity index (χ0n) is 16.8. The molecule has 0 aliphatic carbocycles. The largest absolute Gasteiger partial charge is 0.493 e. The Kier molecular flexibility index (Phi) is 5.14. The second kappa shape index (κ2) is 7.90. The first-order valence-electron chi connectivity index (χ1n) is 9.75. The number of aromatic nitrogens is 4. The van der Waals surface area contributed by atoms with Crippen LogP contribution in [0.1, 0.15) is 36.8 Å². The molecule has 4 rings (SSSR count). The van der Waals surface area contributed by atoms with Crippen molar-refractivity contribution >= 4 is 22.6 Å². The highest BCUT2D eigenvalue weighted by Gasteiger charge is 2.14. The standard InChI is InChI=1S/C22H23N5O3/c1-13(2)20-24-16-5-3-4-6-18(16)27(20)12-14-7-9-15(10-8-14)23-19(28)11-17-21(29)26-22(30)25-17/h3-10,13,29H,11-12H2,1-2H3,(H,23,28)(H2,25,26,30). The van der Waals surface area contributed by atoms with E-state index in [2.05, 4.69) is 39.8 Å². The van der Waals surface area contributed by atoms with Crippen LogP contribution in [0.3, 0.4) is 0 Å². The van der Waals surface area contributed by atoms with Gasteiger partial charge in [0.25, 0.3) is 0 Å². The van der Waals surface area contributed by atoms with Gasteiger partial charge >= 0.3 is 5.69 Å². The lowest BCUT2D eigenvalue weighted by Crippen LogP contribution is -2.15. The summed E-state index contributed by atoms with van der Waals surface area (Å²) in [6, 6.07) is 15.7. The van der Waals surface area contributed by atoms with Gasteiger partial charge in [-0.15, -0.1) is 0 Å². The first-order chi connectivity index (χ1) is 14.4. The number of hydrogen-bond acceptors (Lipinski definition) is 4. The second-order valence-electron chi connectivity index (χ2n) is 7.53. The van der Waals surface area contributed by atoms with Gasteiger partial charge in [0.05, 0.1) is 23.1 Å². The lowest BCUT2D eigenvalue weighted by molar-refractivity contribution is -0.115. The molecule has 30 heavy (non-hydrogen) atoms. The maximum Gasteiger partial charge on any atom is 0.325 e. The summed E-state index contributed by atoms with van der Waals surface area (Å²) in [5, 5.41) is 12.3. The third-order valence-corrected chi connectivity index (χ3v) is 4.90. The number of aromatic hydroxyl groups is 1. The molecular weight excluding hydrogens is 382 g/mol. The summed E-state index contributed by atoms with van der Waals surface area (Å²) in [5.41, 5.74) is 3.41. The number of nitrogens with one attached hydrogen (secondary N) is 3. The Morgan fingerprint density at radius 1 is 1.13 bits per heavy atom. The third-order valence-electron chi connectivity index (χ3n) is 4.90. The van der Waals surface area contributed by atoms with Crippen LogP contribution in [0.25, 0.3) is 11.0 Å². The lowest BCUT2D eigenvalue weighted by Gasteiger charge is -2.12.